The molecule has 40 heavy (non-hydrogen) atoms. The van der Waals surface area contributed by atoms with Crippen molar-refractivity contribution < 1.29 is 14.0 Å². The van der Waals surface area contributed by atoms with E-state index < -0.39 is 6.04 Å². The maximum atomic E-state index is 14.0. The van der Waals surface area contributed by atoms with E-state index in [1.165, 1.54) is 17.0 Å². The molecule has 0 aliphatic carbocycles. The molecule has 2 heterocycles. The lowest BCUT2D eigenvalue weighted by molar-refractivity contribution is -0.121. The van der Waals surface area contributed by atoms with Crippen LogP contribution in [-0.2, 0) is 16.1 Å². The summed E-state index contributed by atoms with van der Waals surface area (Å²) < 4.78 is 15.3. The first kappa shape index (κ1) is 27.2. The van der Waals surface area contributed by atoms with Gasteiger partial charge in [-0.3, -0.25) is 14.3 Å². The summed E-state index contributed by atoms with van der Waals surface area (Å²) in [5.41, 5.74) is 6.23. The third-order valence-corrected chi connectivity index (χ3v) is 7.44. The number of amides is 2. The quantitative estimate of drug-likeness (QED) is 0.238. The van der Waals surface area contributed by atoms with Crippen LogP contribution in [0.15, 0.2) is 72.8 Å². The summed E-state index contributed by atoms with van der Waals surface area (Å²) in [5, 5.41) is 8.29. The second-order valence-corrected chi connectivity index (χ2v) is 10.4. The van der Waals surface area contributed by atoms with Crippen LogP contribution in [0.3, 0.4) is 0 Å². The van der Waals surface area contributed by atoms with E-state index in [2.05, 4.69) is 5.32 Å². The van der Waals surface area contributed by atoms with Crippen molar-refractivity contribution in [2.75, 3.05) is 15.1 Å². The fourth-order valence-electron chi connectivity index (χ4n) is 5.06. The van der Waals surface area contributed by atoms with Crippen LogP contribution in [0.4, 0.5) is 21.5 Å². The molecule has 2 amide bonds. The highest BCUT2D eigenvalue weighted by Crippen LogP contribution is 2.34. The molecule has 0 radical (unpaired) electrons. The van der Waals surface area contributed by atoms with E-state index in [1.54, 1.807) is 27.8 Å². The van der Waals surface area contributed by atoms with Gasteiger partial charge >= 0.3 is 0 Å². The minimum absolute atomic E-state index is 0.0368. The summed E-state index contributed by atoms with van der Waals surface area (Å²) in [6.07, 6.45) is -0.0368. The molecule has 4 aromatic rings. The van der Waals surface area contributed by atoms with Gasteiger partial charge in [-0.05, 0) is 81.4 Å². The molecular formula is C31H30FN5O2S. The Morgan fingerprint density at radius 1 is 1.00 bits per heavy atom. The van der Waals surface area contributed by atoms with Crippen molar-refractivity contribution in [3.05, 3.63) is 107 Å². The monoisotopic (exact) mass is 555 g/mol. The third-order valence-electron chi connectivity index (χ3n) is 7.14. The Balaban J connectivity index is 1.55. The molecule has 1 unspecified atom stereocenters. The molecule has 1 fully saturated rings. The normalized spacial score (nSPS) is 15.0. The Labute approximate surface area is 238 Å². The number of thiocarbonyl (C=S) groups is 1. The summed E-state index contributed by atoms with van der Waals surface area (Å²) in [6, 6.07) is 20.5. The molecule has 1 saturated heterocycles. The molecule has 3 aromatic carbocycles. The van der Waals surface area contributed by atoms with E-state index >= 15 is 0 Å². The molecule has 5 rings (SSSR count). The van der Waals surface area contributed by atoms with Gasteiger partial charge in [0.1, 0.15) is 11.9 Å². The van der Waals surface area contributed by atoms with E-state index in [4.69, 9.17) is 17.3 Å². The smallest absolute Gasteiger partial charge is 0.257 e. The van der Waals surface area contributed by atoms with Crippen LogP contribution in [0.25, 0.3) is 0 Å². The molecule has 9 heteroatoms. The number of hydrogen-bond acceptors (Lipinski definition) is 4. The third kappa shape index (κ3) is 5.24. The summed E-state index contributed by atoms with van der Waals surface area (Å²) >= 11 is 5.91. The number of imide groups is 1. The zero-order valence-corrected chi connectivity index (χ0v) is 23.6. The molecule has 7 nitrogen and oxygen atoms in total. The Morgan fingerprint density at radius 2 is 1.68 bits per heavy atom. The molecule has 0 saturated carbocycles. The summed E-state index contributed by atoms with van der Waals surface area (Å²) in [7, 11) is 0. The number of nitrogens with zero attached hydrogens (tertiary/aromatic N) is 4. The predicted molar refractivity (Wildman–Crippen MR) is 159 cm³/mol. The lowest BCUT2D eigenvalue weighted by atomic mass is 10.1. The van der Waals surface area contributed by atoms with Crippen LogP contribution >= 0.6 is 12.2 Å². The molecule has 1 aromatic heterocycles. The van der Waals surface area contributed by atoms with E-state index in [9.17, 15) is 14.0 Å². The number of aromatic nitrogens is 2. The number of carbonyl (C=O) groups excluding carboxylic acids is 2. The van der Waals surface area contributed by atoms with Gasteiger partial charge in [-0.15, -0.1) is 0 Å². The topological polar surface area (TPSA) is 70.5 Å². The minimum Gasteiger partial charge on any atom is -0.332 e. The van der Waals surface area contributed by atoms with Crippen molar-refractivity contribution in [3.8, 4) is 0 Å². The Hall–Kier alpha value is -4.37. The lowest BCUT2D eigenvalue weighted by Gasteiger charge is -2.30. The second kappa shape index (κ2) is 11.0. The van der Waals surface area contributed by atoms with Crippen molar-refractivity contribution in [1.82, 2.24) is 9.78 Å². The standard InChI is InChI=1S/C31H30FN5O2S/c1-19-9-15-25(16-10-19)33-31(40)37(27-17-28(38)36(30(27)39)26-8-6-5-7-20(26)2)29-21(3)34-35(22(29)4)18-23-11-13-24(32)14-12-23/h5-16,27H,17-18H2,1-4H3,(H,33,40). The number of para-hydroxylation sites is 1. The summed E-state index contributed by atoms with van der Waals surface area (Å²) in [4.78, 5) is 30.2. The van der Waals surface area contributed by atoms with E-state index in [0.29, 0.717) is 23.6 Å². The fourth-order valence-corrected chi connectivity index (χ4v) is 5.39. The molecule has 204 valence electrons. The first-order chi connectivity index (χ1) is 19.1. The van der Waals surface area contributed by atoms with Gasteiger partial charge in [-0.2, -0.15) is 5.10 Å². The molecule has 0 spiro atoms. The maximum absolute atomic E-state index is 14.0. The van der Waals surface area contributed by atoms with Crippen LogP contribution in [0.2, 0.25) is 0 Å². The Kier molecular flexibility index (Phi) is 7.49. The van der Waals surface area contributed by atoms with E-state index in [1.807, 2.05) is 70.2 Å². The van der Waals surface area contributed by atoms with E-state index in [-0.39, 0.29) is 29.2 Å². The van der Waals surface area contributed by atoms with Gasteiger partial charge in [0.25, 0.3) is 5.91 Å². The number of benzene rings is 3. The fraction of sp³-hybridized carbons (Fsp3) is 0.226. The van der Waals surface area contributed by atoms with Crippen LogP contribution in [0, 0.1) is 33.5 Å². The lowest BCUT2D eigenvalue weighted by Crippen LogP contribution is -2.48. The van der Waals surface area contributed by atoms with Gasteiger partial charge in [0.15, 0.2) is 5.11 Å². The number of carbonyl (C=O) groups is 2. The predicted octanol–water partition coefficient (Wildman–Crippen LogP) is 5.84. The van der Waals surface area contributed by atoms with Crippen molar-refractivity contribution in [2.45, 2.75) is 46.7 Å². The number of halogens is 1. The number of aryl methyl sites for hydroxylation is 3. The molecule has 1 aliphatic heterocycles. The molecular weight excluding hydrogens is 525 g/mol. The van der Waals surface area contributed by atoms with Crippen LogP contribution < -0.4 is 15.1 Å². The number of hydrogen-bond donors (Lipinski definition) is 1. The van der Waals surface area contributed by atoms with Crippen LogP contribution in [0.5, 0.6) is 0 Å². The summed E-state index contributed by atoms with van der Waals surface area (Å²) in [6.45, 7) is 8.04. The number of nitrogens with one attached hydrogen (secondary N) is 1. The first-order valence-corrected chi connectivity index (χ1v) is 13.4. The molecule has 1 aliphatic rings. The highest BCUT2D eigenvalue weighted by molar-refractivity contribution is 7.80. The van der Waals surface area contributed by atoms with Gasteiger partial charge < -0.3 is 10.2 Å². The highest BCUT2D eigenvalue weighted by Gasteiger charge is 2.45. The average molecular weight is 556 g/mol. The molecule has 0 bridgehead atoms. The SMILES string of the molecule is Cc1ccc(NC(=S)N(c2c(C)nn(Cc3ccc(F)cc3)c2C)C2CC(=O)N(c3ccccc3C)C2=O)cc1. The van der Waals surface area contributed by atoms with Crippen molar-refractivity contribution >= 4 is 46.2 Å². The minimum atomic E-state index is -0.863. The van der Waals surface area contributed by atoms with Crippen LogP contribution in [-0.4, -0.2) is 32.7 Å². The van der Waals surface area contributed by atoms with Crippen molar-refractivity contribution in [2.24, 2.45) is 0 Å². The van der Waals surface area contributed by atoms with Crippen LogP contribution in [0.1, 0.15) is 34.5 Å². The zero-order chi connectivity index (χ0) is 28.6. The highest BCUT2D eigenvalue weighted by atomic mass is 32.1. The number of anilines is 3. The van der Waals surface area contributed by atoms with Crippen molar-refractivity contribution in [3.63, 3.8) is 0 Å². The second-order valence-electron chi connectivity index (χ2n) is 10.0. The van der Waals surface area contributed by atoms with Gasteiger partial charge in [0.05, 0.1) is 35.7 Å². The van der Waals surface area contributed by atoms with Gasteiger partial charge in [-0.25, -0.2) is 9.29 Å². The molecule has 1 atom stereocenters. The Morgan fingerprint density at radius 3 is 2.35 bits per heavy atom. The largest absolute Gasteiger partial charge is 0.332 e. The number of rotatable bonds is 6. The van der Waals surface area contributed by atoms with Gasteiger partial charge in [0, 0.05) is 5.69 Å². The summed E-state index contributed by atoms with van der Waals surface area (Å²) in [5.74, 6) is -0.946. The first-order valence-electron chi connectivity index (χ1n) is 13.0. The van der Waals surface area contributed by atoms with Crippen molar-refractivity contribution in [1.29, 1.82) is 0 Å². The van der Waals surface area contributed by atoms with Gasteiger partial charge in [0.2, 0.25) is 5.91 Å². The van der Waals surface area contributed by atoms with E-state index in [0.717, 1.165) is 28.1 Å². The average Bonchev–Trinajstić information content (AvgIpc) is 3.36. The maximum Gasteiger partial charge on any atom is 0.257 e. The molecule has 1 N–H and O–H groups in total. The van der Waals surface area contributed by atoms with Gasteiger partial charge in [-0.1, -0.05) is 48.0 Å². The zero-order valence-electron chi connectivity index (χ0n) is 22.8. The Bertz CT molecular complexity index is 1600.